The molecule has 0 saturated heterocycles. The summed E-state index contributed by atoms with van der Waals surface area (Å²) in [5, 5.41) is 0. The van der Waals surface area contributed by atoms with Gasteiger partial charge in [0.05, 0.1) is 12.7 Å². The Morgan fingerprint density at radius 1 is 0.815 bits per heavy atom. The number of hydrogen-bond acceptors (Lipinski definition) is 1. The Morgan fingerprint density at radius 2 is 1.37 bits per heavy atom. The van der Waals surface area contributed by atoms with Crippen LogP contribution in [0, 0.1) is 23.5 Å². The van der Waals surface area contributed by atoms with Crippen molar-refractivity contribution < 1.29 is 13.5 Å². The molecule has 136 valence electrons. The van der Waals surface area contributed by atoms with Crippen LogP contribution in [0.25, 0.3) is 11.1 Å². The van der Waals surface area contributed by atoms with Crippen LogP contribution in [0.1, 0.15) is 30.0 Å². The summed E-state index contributed by atoms with van der Waals surface area (Å²) in [6.45, 7) is 1.97. The predicted molar refractivity (Wildman–Crippen MR) is 105 cm³/mol. The van der Waals surface area contributed by atoms with Crippen LogP contribution in [0.3, 0.4) is 0 Å². The Balaban J connectivity index is 1.81. The van der Waals surface area contributed by atoms with Crippen LogP contribution < -0.4 is 4.74 Å². The number of hydrogen-bond donors (Lipinski definition) is 0. The molecule has 0 radical (unpaired) electrons. The van der Waals surface area contributed by atoms with Gasteiger partial charge < -0.3 is 4.74 Å². The molecular weight excluding hydrogens is 342 g/mol. The Morgan fingerprint density at radius 3 is 1.89 bits per heavy atom. The van der Waals surface area contributed by atoms with E-state index in [2.05, 4.69) is 11.8 Å². The molecule has 0 heterocycles. The average molecular weight is 362 g/mol. The Kier molecular flexibility index (Phi) is 5.88. The normalized spacial score (nSPS) is 10.2. The van der Waals surface area contributed by atoms with Crippen molar-refractivity contribution in [2.24, 2.45) is 0 Å². The van der Waals surface area contributed by atoms with Gasteiger partial charge in [0.2, 0.25) is 0 Å². The summed E-state index contributed by atoms with van der Waals surface area (Å²) < 4.78 is 33.4. The second-order valence-corrected chi connectivity index (χ2v) is 6.24. The highest BCUT2D eigenvalue weighted by Gasteiger charge is 2.08. The van der Waals surface area contributed by atoms with Gasteiger partial charge in [-0.05, 0) is 59.5 Å². The van der Waals surface area contributed by atoms with E-state index >= 15 is 0 Å². The molecule has 0 unspecified atom stereocenters. The summed E-state index contributed by atoms with van der Waals surface area (Å²) in [6.07, 6.45) is 1.48. The van der Waals surface area contributed by atoms with Crippen molar-refractivity contribution in [1.82, 2.24) is 0 Å². The molecule has 3 rings (SSSR count). The van der Waals surface area contributed by atoms with Gasteiger partial charge in [-0.1, -0.05) is 49.5 Å². The first-order chi connectivity index (χ1) is 13.1. The van der Waals surface area contributed by atoms with Crippen molar-refractivity contribution in [2.45, 2.75) is 19.8 Å². The lowest BCUT2D eigenvalue weighted by molar-refractivity contribution is 0.415. The fourth-order valence-corrected chi connectivity index (χ4v) is 2.84. The third-order valence-corrected chi connectivity index (χ3v) is 4.28. The molecule has 3 heteroatoms. The van der Waals surface area contributed by atoms with Gasteiger partial charge in [-0.2, -0.15) is 0 Å². The van der Waals surface area contributed by atoms with Crippen molar-refractivity contribution in [1.29, 1.82) is 0 Å². The Labute approximate surface area is 158 Å². The first-order valence-electron chi connectivity index (χ1n) is 8.85. The van der Waals surface area contributed by atoms with Crippen LogP contribution >= 0.6 is 0 Å². The smallest absolute Gasteiger partial charge is 0.142 e. The van der Waals surface area contributed by atoms with E-state index in [1.807, 2.05) is 55.5 Å². The number of rotatable bonds is 4. The summed E-state index contributed by atoms with van der Waals surface area (Å²) in [4.78, 5) is 0. The molecule has 0 aliphatic carbocycles. The zero-order valence-electron chi connectivity index (χ0n) is 15.4. The zero-order valence-corrected chi connectivity index (χ0v) is 15.4. The van der Waals surface area contributed by atoms with Gasteiger partial charge in [0, 0.05) is 5.56 Å². The molecule has 0 fully saturated rings. The highest BCUT2D eigenvalue weighted by atomic mass is 19.1. The second-order valence-electron chi connectivity index (χ2n) is 6.24. The molecular formula is C24H20F2O. The minimum absolute atomic E-state index is 0.186. The first-order valence-corrected chi connectivity index (χ1v) is 8.85. The molecule has 0 amide bonds. The van der Waals surface area contributed by atoms with Gasteiger partial charge in [0.1, 0.15) is 17.4 Å². The van der Waals surface area contributed by atoms with Crippen LogP contribution in [0.4, 0.5) is 8.78 Å². The summed E-state index contributed by atoms with van der Waals surface area (Å²) in [5.74, 6) is 5.05. The maximum atomic E-state index is 14.1. The highest BCUT2D eigenvalue weighted by Crippen LogP contribution is 2.22. The second kappa shape index (κ2) is 8.51. The van der Waals surface area contributed by atoms with Crippen molar-refractivity contribution in [3.63, 3.8) is 0 Å². The predicted octanol–water partition coefficient (Wildman–Crippen LogP) is 5.99. The van der Waals surface area contributed by atoms with Crippen molar-refractivity contribution >= 4 is 0 Å². The van der Waals surface area contributed by atoms with E-state index in [1.165, 1.54) is 12.1 Å². The average Bonchev–Trinajstić information content (AvgIpc) is 2.68. The fraction of sp³-hybridized carbons (Fsp3) is 0.167. The third kappa shape index (κ3) is 4.54. The highest BCUT2D eigenvalue weighted by molar-refractivity contribution is 5.65. The molecule has 3 aromatic rings. The number of halogens is 2. The van der Waals surface area contributed by atoms with E-state index in [0.717, 1.165) is 23.3 Å². The zero-order chi connectivity index (χ0) is 19.2. The number of aryl methyl sites for hydroxylation is 1. The number of ether oxygens (including phenoxy) is 1. The first kappa shape index (κ1) is 18.7. The lowest BCUT2D eigenvalue weighted by Gasteiger charge is -2.04. The van der Waals surface area contributed by atoms with Gasteiger partial charge in [0.25, 0.3) is 0 Å². The molecule has 0 aromatic heterocycles. The van der Waals surface area contributed by atoms with Gasteiger partial charge >= 0.3 is 0 Å². The van der Waals surface area contributed by atoms with Crippen molar-refractivity contribution in [3.05, 3.63) is 89.0 Å². The van der Waals surface area contributed by atoms with Crippen LogP contribution in [-0.4, -0.2) is 7.11 Å². The van der Waals surface area contributed by atoms with E-state index in [4.69, 9.17) is 4.74 Å². The summed E-state index contributed by atoms with van der Waals surface area (Å²) >= 11 is 0. The topological polar surface area (TPSA) is 9.23 Å². The minimum Gasteiger partial charge on any atom is -0.497 e. The van der Waals surface area contributed by atoms with Crippen LogP contribution in [0.15, 0.2) is 60.7 Å². The molecule has 0 spiro atoms. The van der Waals surface area contributed by atoms with Crippen LogP contribution in [-0.2, 0) is 6.42 Å². The van der Waals surface area contributed by atoms with Gasteiger partial charge in [-0.3, -0.25) is 0 Å². The van der Waals surface area contributed by atoms with E-state index in [9.17, 15) is 8.78 Å². The number of benzene rings is 3. The third-order valence-electron chi connectivity index (χ3n) is 4.28. The van der Waals surface area contributed by atoms with Crippen molar-refractivity contribution in [2.75, 3.05) is 7.11 Å². The Hall–Kier alpha value is -3.12. The molecule has 0 bridgehead atoms. The monoisotopic (exact) mass is 362 g/mol. The molecule has 27 heavy (non-hydrogen) atoms. The lowest BCUT2D eigenvalue weighted by atomic mass is 10.0. The molecule has 0 N–H and O–H groups in total. The van der Waals surface area contributed by atoms with E-state index in [1.54, 1.807) is 7.11 Å². The lowest BCUT2D eigenvalue weighted by Crippen LogP contribution is -1.94. The molecule has 0 aliphatic heterocycles. The van der Waals surface area contributed by atoms with Crippen LogP contribution in [0.5, 0.6) is 5.75 Å². The summed E-state index contributed by atoms with van der Waals surface area (Å²) in [6, 6.07) is 18.0. The Bertz CT molecular complexity index is 955. The summed E-state index contributed by atoms with van der Waals surface area (Å²) in [5.41, 5.74) is 3.25. The SMILES string of the molecule is CCCc1cc(F)c(C#Cc2ccc(-c3ccc(OC)cc3)cc2)c(F)c1. The minimum atomic E-state index is -0.610. The number of methoxy groups -OCH3 is 1. The van der Waals surface area contributed by atoms with Gasteiger partial charge in [-0.15, -0.1) is 0 Å². The summed E-state index contributed by atoms with van der Waals surface area (Å²) in [7, 11) is 1.63. The molecule has 0 saturated carbocycles. The molecule has 3 aromatic carbocycles. The maximum Gasteiger partial charge on any atom is 0.142 e. The molecule has 0 atom stereocenters. The molecule has 0 aliphatic rings. The molecule has 1 nitrogen and oxygen atoms in total. The maximum absolute atomic E-state index is 14.1. The standard InChI is InChI=1S/C24H20F2O/c1-3-4-18-15-23(25)22(24(26)16-18)14-7-17-5-8-19(9-6-17)20-10-12-21(27-2)13-11-20/h5-6,8-13,15-16H,3-4H2,1-2H3. The van der Waals surface area contributed by atoms with Crippen LogP contribution in [0.2, 0.25) is 0 Å². The fourth-order valence-electron chi connectivity index (χ4n) is 2.84. The van der Waals surface area contributed by atoms with E-state index in [-0.39, 0.29) is 5.56 Å². The van der Waals surface area contributed by atoms with E-state index < -0.39 is 11.6 Å². The van der Waals surface area contributed by atoms with Crippen molar-refractivity contribution in [3.8, 4) is 28.7 Å². The largest absolute Gasteiger partial charge is 0.497 e. The van der Waals surface area contributed by atoms with Gasteiger partial charge in [-0.25, -0.2) is 8.78 Å². The quantitative estimate of drug-likeness (QED) is 0.518. The van der Waals surface area contributed by atoms with Gasteiger partial charge in [0.15, 0.2) is 0 Å². The van der Waals surface area contributed by atoms with E-state index in [0.29, 0.717) is 17.5 Å².